The molecule has 0 aliphatic carbocycles. The Balaban J connectivity index is 1.72. The molecule has 6 nitrogen and oxygen atoms in total. The highest BCUT2D eigenvalue weighted by atomic mass is 16.5. The van der Waals surface area contributed by atoms with E-state index in [1.807, 2.05) is 31.3 Å². The summed E-state index contributed by atoms with van der Waals surface area (Å²) in [6.45, 7) is 4.10. The van der Waals surface area contributed by atoms with Crippen molar-refractivity contribution in [1.82, 2.24) is 10.2 Å². The van der Waals surface area contributed by atoms with Crippen molar-refractivity contribution in [3.05, 3.63) is 24.3 Å². The van der Waals surface area contributed by atoms with Crippen molar-refractivity contribution in [2.45, 2.75) is 6.42 Å². The lowest BCUT2D eigenvalue weighted by atomic mass is 10.1. The Bertz CT molecular complexity index is 508. The van der Waals surface area contributed by atoms with Gasteiger partial charge in [0.15, 0.2) is 5.96 Å². The molecule has 1 saturated heterocycles. The fraction of sp³-hybridized carbons (Fsp3) is 0.588. The van der Waals surface area contributed by atoms with Gasteiger partial charge in [-0.25, -0.2) is 0 Å². The van der Waals surface area contributed by atoms with Crippen LogP contribution in [-0.4, -0.2) is 65.0 Å². The predicted octanol–water partition coefficient (Wildman–Crippen LogP) is 1.62. The number of hydrogen-bond acceptors (Lipinski definition) is 4. The molecule has 23 heavy (non-hydrogen) atoms. The van der Waals surface area contributed by atoms with E-state index in [9.17, 15) is 0 Å². The number of aliphatic imine (C=N–C) groups is 1. The second-order valence-corrected chi connectivity index (χ2v) is 5.56. The number of benzene rings is 1. The maximum absolute atomic E-state index is 5.73. The Morgan fingerprint density at radius 1 is 1.35 bits per heavy atom. The Morgan fingerprint density at radius 2 is 2.17 bits per heavy atom. The number of hydrogen-bond donors (Lipinski definition) is 1. The third kappa shape index (κ3) is 5.32. The van der Waals surface area contributed by atoms with Crippen molar-refractivity contribution < 1.29 is 14.2 Å². The Hall–Kier alpha value is -1.95. The van der Waals surface area contributed by atoms with Gasteiger partial charge in [-0.3, -0.25) is 4.99 Å². The third-order valence-corrected chi connectivity index (χ3v) is 3.89. The minimum Gasteiger partial charge on any atom is -0.497 e. The second-order valence-electron chi connectivity index (χ2n) is 5.56. The average Bonchev–Trinajstić information content (AvgIpc) is 3.04. The molecule has 1 aromatic rings. The Morgan fingerprint density at radius 3 is 2.91 bits per heavy atom. The van der Waals surface area contributed by atoms with Crippen LogP contribution in [0, 0.1) is 5.92 Å². The highest BCUT2D eigenvalue weighted by Crippen LogP contribution is 2.18. The fourth-order valence-electron chi connectivity index (χ4n) is 2.75. The van der Waals surface area contributed by atoms with E-state index in [4.69, 9.17) is 14.2 Å². The number of ether oxygens (including phenoxy) is 3. The number of nitrogens with zero attached hydrogens (tertiary/aromatic N) is 2. The molecule has 0 bridgehead atoms. The van der Waals surface area contributed by atoms with Crippen molar-refractivity contribution in [2.75, 3.05) is 54.1 Å². The van der Waals surface area contributed by atoms with Crippen LogP contribution < -0.4 is 14.8 Å². The number of rotatable bonds is 7. The first-order valence-electron chi connectivity index (χ1n) is 7.98. The lowest BCUT2D eigenvalue weighted by Crippen LogP contribution is -2.41. The predicted molar refractivity (Wildman–Crippen MR) is 91.4 cm³/mol. The summed E-state index contributed by atoms with van der Waals surface area (Å²) >= 11 is 0. The van der Waals surface area contributed by atoms with Gasteiger partial charge >= 0.3 is 0 Å². The number of guanidine groups is 1. The largest absolute Gasteiger partial charge is 0.497 e. The van der Waals surface area contributed by atoms with E-state index >= 15 is 0 Å². The van der Waals surface area contributed by atoms with Gasteiger partial charge < -0.3 is 24.4 Å². The summed E-state index contributed by atoms with van der Waals surface area (Å²) in [5, 5.41) is 3.35. The van der Waals surface area contributed by atoms with Crippen molar-refractivity contribution in [3.63, 3.8) is 0 Å². The summed E-state index contributed by atoms with van der Waals surface area (Å²) in [7, 11) is 5.22. The van der Waals surface area contributed by atoms with E-state index in [0.29, 0.717) is 19.1 Å². The fourth-order valence-corrected chi connectivity index (χ4v) is 2.75. The molecule has 1 fully saturated rings. The molecule has 0 radical (unpaired) electrons. The molecule has 1 aliphatic rings. The van der Waals surface area contributed by atoms with Gasteiger partial charge in [-0.05, 0) is 18.6 Å². The monoisotopic (exact) mass is 321 g/mol. The van der Waals surface area contributed by atoms with Gasteiger partial charge in [-0.2, -0.15) is 0 Å². The van der Waals surface area contributed by atoms with Gasteiger partial charge in [0.25, 0.3) is 0 Å². The average molecular weight is 321 g/mol. The maximum atomic E-state index is 5.73. The smallest absolute Gasteiger partial charge is 0.193 e. The first-order valence-corrected chi connectivity index (χ1v) is 7.98. The highest BCUT2D eigenvalue weighted by Gasteiger charge is 2.24. The van der Waals surface area contributed by atoms with E-state index < -0.39 is 0 Å². The molecule has 0 aromatic heterocycles. The normalized spacial score (nSPS) is 18.1. The zero-order valence-corrected chi connectivity index (χ0v) is 14.2. The lowest BCUT2D eigenvalue weighted by Gasteiger charge is -2.21. The summed E-state index contributed by atoms with van der Waals surface area (Å²) in [5.74, 6) is 3.12. The molecular formula is C17H27N3O3. The molecule has 128 valence electrons. The van der Waals surface area contributed by atoms with Crippen LogP contribution in [-0.2, 0) is 4.74 Å². The molecule has 1 N–H and O–H groups in total. The standard InChI is InChI=1S/C17H27N3O3/c1-18-17(20-9-7-14(12-20)13-21-2)19-8-10-23-16-6-4-5-15(11-16)22-3/h4-6,11,14H,7-10,12-13H2,1-3H3,(H,18,19). The summed E-state index contributed by atoms with van der Waals surface area (Å²) in [4.78, 5) is 6.62. The van der Waals surface area contributed by atoms with Crippen LogP contribution in [0.5, 0.6) is 11.5 Å². The van der Waals surface area contributed by atoms with Gasteiger partial charge in [0.2, 0.25) is 0 Å². The topological polar surface area (TPSA) is 55.3 Å². The molecule has 1 atom stereocenters. The van der Waals surface area contributed by atoms with Gasteiger partial charge in [-0.15, -0.1) is 0 Å². The zero-order chi connectivity index (χ0) is 16.5. The first-order chi connectivity index (χ1) is 11.3. The summed E-state index contributed by atoms with van der Waals surface area (Å²) < 4.78 is 16.1. The minimum absolute atomic E-state index is 0.571. The summed E-state index contributed by atoms with van der Waals surface area (Å²) in [6.07, 6.45) is 1.15. The molecule has 1 heterocycles. The minimum atomic E-state index is 0.571. The van der Waals surface area contributed by atoms with Crippen LogP contribution in [0.3, 0.4) is 0 Å². The van der Waals surface area contributed by atoms with Gasteiger partial charge in [0, 0.05) is 39.2 Å². The van der Waals surface area contributed by atoms with Crippen LogP contribution in [0.1, 0.15) is 6.42 Å². The summed E-state index contributed by atoms with van der Waals surface area (Å²) in [6, 6.07) is 7.62. The first kappa shape index (κ1) is 17.4. The third-order valence-electron chi connectivity index (χ3n) is 3.89. The van der Waals surface area contributed by atoms with Crippen LogP contribution in [0.4, 0.5) is 0 Å². The van der Waals surface area contributed by atoms with Crippen molar-refractivity contribution in [3.8, 4) is 11.5 Å². The molecule has 6 heteroatoms. The van der Waals surface area contributed by atoms with Gasteiger partial charge in [0.1, 0.15) is 18.1 Å². The number of nitrogens with one attached hydrogen (secondary N) is 1. The molecule has 0 spiro atoms. The van der Waals surface area contributed by atoms with Crippen LogP contribution in [0.15, 0.2) is 29.3 Å². The number of likely N-dealkylation sites (tertiary alicyclic amines) is 1. The van der Waals surface area contributed by atoms with E-state index in [-0.39, 0.29) is 0 Å². The van der Waals surface area contributed by atoms with E-state index in [0.717, 1.165) is 43.6 Å². The van der Waals surface area contributed by atoms with E-state index in [2.05, 4.69) is 15.2 Å². The molecule has 0 saturated carbocycles. The van der Waals surface area contributed by atoms with Crippen molar-refractivity contribution in [2.24, 2.45) is 10.9 Å². The molecular weight excluding hydrogens is 294 g/mol. The molecule has 1 aromatic carbocycles. The molecule has 1 aliphatic heterocycles. The van der Waals surface area contributed by atoms with Crippen LogP contribution in [0.25, 0.3) is 0 Å². The van der Waals surface area contributed by atoms with Crippen molar-refractivity contribution >= 4 is 5.96 Å². The Kier molecular flexibility index (Phi) is 7.00. The van der Waals surface area contributed by atoms with Crippen LogP contribution >= 0.6 is 0 Å². The lowest BCUT2D eigenvalue weighted by molar-refractivity contribution is 0.157. The number of methoxy groups -OCH3 is 2. The quantitative estimate of drug-likeness (QED) is 0.470. The van der Waals surface area contributed by atoms with Crippen molar-refractivity contribution in [1.29, 1.82) is 0 Å². The maximum Gasteiger partial charge on any atom is 0.193 e. The van der Waals surface area contributed by atoms with Gasteiger partial charge in [-0.1, -0.05) is 6.07 Å². The zero-order valence-electron chi connectivity index (χ0n) is 14.2. The molecule has 2 rings (SSSR count). The highest BCUT2D eigenvalue weighted by molar-refractivity contribution is 5.80. The molecule has 1 unspecified atom stereocenters. The SMILES string of the molecule is CN=C(NCCOc1cccc(OC)c1)N1CCC(COC)C1. The summed E-state index contributed by atoms with van der Waals surface area (Å²) in [5.41, 5.74) is 0. The Labute approximate surface area is 138 Å². The van der Waals surface area contributed by atoms with Crippen LogP contribution in [0.2, 0.25) is 0 Å². The van der Waals surface area contributed by atoms with Gasteiger partial charge in [0.05, 0.1) is 20.3 Å². The van der Waals surface area contributed by atoms with E-state index in [1.54, 1.807) is 14.2 Å². The molecule has 0 amide bonds. The van der Waals surface area contributed by atoms with E-state index in [1.165, 1.54) is 0 Å². The second kappa shape index (κ2) is 9.25.